The van der Waals surface area contributed by atoms with E-state index in [9.17, 15) is 0 Å². The van der Waals surface area contributed by atoms with Gasteiger partial charge in [-0.2, -0.15) is 0 Å². The number of rotatable bonds is 6. The molecule has 1 fully saturated rings. The highest BCUT2D eigenvalue weighted by atomic mass is 127. The predicted molar refractivity (Wildman–Crippen MR) is 132 cm³/mol. The molecule has 1 unspecified atom stereocenters. The molecule has 0 aliphatic carbocycles. The van der Waals surface area contributed by atoms with Crippen LogP contribution in [0.15, 0.2) is 64.3 Å². The summed E-state index contributed by atoms with van der Waals surface area (Å²) in [6, 6.07) is 14.6. The van der Waals surface area contributed by atoms with Crippen LogP contribution in [0, 0.1) is 0 Å². The Labute approximate surface area is 195 Å². The zero-order valence-electron chi connectivity index (χ0n) is 17.4. The molecule has 0 saturated carbocycles. The molecule has 2 N–H and O–H groups in total. The molecule has 160 valence electrons. The summed E-state index contributed by atoms with van der Waals surface area (Å²) >= 11 is 0. The van der Waals surface area contributed by atoms with Gasteiger partial charge in [0.15, 0.2) is 5.96 Å². The summed E-state index contributed by atoms with van der Waals surface area (Å²) in [7, 11) is 1.81. The number of nitrogens with zero attached hydrogens (tertiary/aromatic N) is 3. The number of benzene rings is 1. The predicted octanol–water partition coefficient (Wildman–Crippen LogP) is 4.34. The van der Waals surface area contributed by atoms with Crippen LogP contribution in [0.2, 0.25) is 0 Å². The zero-order chi connectivity index (χ0) is 19.9. The minimum absolute atomic E-state index is 0. The summed E-state index contributed by atoms with van der Waals surface area (Å²) in [5, 5.41) is 8.07. The van der Waals surface area contributed by atoms with Crippen molar-refractivity contribution in [2.24, 2.45) is 4.99 Å². The summed E-state index contributed by atoms with van der Waals surface area (Å²) in [4.78, 5) is 11.5. The number of pyridine rings is 1. The lowest BCUT2D eigenvalue weighted by atomic mass is 10.1. The maximum Gasteiger partial charge on any atom is 0.191 e. The third-order valence-corrected chi connectivity index (χ3v) is 5.55. The summed E-state index contributed by atoms with van der Waals surface area (Å²) in [5.74, 6) is 1.79. The second-order valence-electron chi connectivity index (χ2n) is 7.43. The Morgan fingerprint density at radius 1 is 1.10 bits per heavy atom. The van der Waals surface area contributed by atoms with Crippen LogP contribution in [0.3, 0.4) is 0 Å². The number of fused-ring (bicyclic) bond motifs is 1. The van der Waals surface area contributed by atoms with Gasteiger partial charge in [0.2, 0.25) is 0 Å². The number of halogens is 1. The molecular formula is C23H30IN5O. The number of hydrogen-bond acceptors (Lipinski definition) is 4. The second-order valence-corrected chi connectivity index (χ2v) is 7.43. The van der Waals surface area contributed by atoms with E-state index in [0.29, 0.717) is 6.54 Å². The molecular weight excluding hydrogens is 489 g/mol. The Hall–Kier alpha value is -2.13. The normalized spacial score (nSPS) is 16.1. The lowest BCUT2D eigenvalue weighted by molar-refractivity contribution is 0.146. The first-order valence-electron chi connectivity index (χ1n) is 10.4. The highest BCUT2D eigenvalue weighted by Crippen LogP contribution is 2.24. The van der Waals surface area contributed by atoms with Crippen LogP contribution >= 0.6 is 24.0 Å². The molecule has 3 aromatic rings. The number of para-hydroxylation sites is 1. The van der Waals surface area contributed by atoms with Crippen LogP contribution in [-0.4, -0.2) is 42.5 Å². The molecule has 6 nitrogen and oxygen atoms in total. The summed E-state index contributed by atoms with van der Waals surface area (Å²) in [6.45, 7) is 3.64. The van der Waals surface area contributed by atoms with Crippen molar-refractivity contribution in [3.05, 3.63) is 66.2 Å². The molecule has 0 radical (unpaired) electrons. The van der Waals surface area contributed by atoms with Crippen molar-refractivity contribution < 1.29 is 4.42 Å². The fourth-order valence-electron chi connectivity index (χ4n) is 4.02. The van der Waals surface area contributed by atoms with E-state index in [1.165, 1.54) is 19.3 Å². The minimum atomic E-state index is 0. The van der Waals surface area contributed by atoms with Gasteiger partial charge in [0, 0.05) is 31.7 Å². The number of guanidine groups is 1. The Morgan fingerprint density at radius 2 is 1.93 bits per heavy atom. The largest absolute Gasteiger partial charge is 0.468 e. The SMILES string of the molecule is CN=C(NCc1cccc2cccnc12)NCC(c1ccco1)N1CCCCC1.I. The van der Waals surface area contributed by atoms with E-state index in [2.05, 4.69) is 55.8 Å². The molecule has 7 heteroatoms. The number of hydrogen-bond donors (Lipinski definition) is 2. The second kappa shape index (κ2) is 11.3. The van der Waals surface area contributed by atoms with E-state index < -0.39 is 0 Å². The maximum absolute atomic E-state index is 5.74. The topological polar surface area (TPSA) is 65.7 Å². The van der Waals surface area contributed by atoms with E-state index in [1.807, 2.05) is 18.3 Å². The van der Waals surface area contributed by atoms with E-state index in [4.69, 9.17) is 4.42 Å². The van der Waals surface area contributed by atoms with Crippen molar-refractivity contribution in [1.82, 2.24) is 20.5 Å². The summed E-state index contributed by atoms with van der Waals surface area (Å²) in [6.07, 6.45) is 7.41. The van der Waals surface area contributed by atoms with Crippen molar-refractivity contribution in [2.75, 3.05) is 26.7 Å². The monoisotopic (exact) mass is 519 g/mol. The Morgan fingerprint density at radius 3 is 2.70 bits per heavy atom. The van der Waals surface area contributed by atoms with Crippen LogP contribution in [0.1, 0.15) is 36.6 Å². The van der Waals surface area contributed by atoms with Gasteiger partial charge < -0.3 is 15.1 Å². The van der Waals surface area contributed by atoms with Gasteiger partial charge in [-0.05, 0) is 49.7 Å². The number of furan rings is 1. The Kier molecular flexibility index (Phi) is 8.50. The quantitative estimate of drug-likeness (QED) is 0.288. The number of likely N-dealkylation sites (tertiary alicyclic amines) is 1. The Bertz CT molecular complexity index is 932. The highest BCUT2D eigenvalue weighted by Gasteiger charge is 2.24. The van der Waals surface area contributed by atoms with Crippen LogP contribution in [0.25, 0.3) is 10.9 Å². The maximum atomic E-state index is 5.74. The van der Waals surface area contributed by atoms with Gasteiger partial charge in [-0.1, -0.05) is 30.7 Å². The molecule has 1 atom stereocenters. The van der Waals surface area contributed by atoms with Gasteiger partial charge >= 0.3 is 0 Å². The van der Waals surface area contributed by atoms with Crippen molar-refractivity contribution in [1.29, 1.82) is 0 Å². The van der Waals surface area contributed by atoms with Crippen LogP contribution < -0.4 is 10.6 Å². The molecule has 0 amide bonds. The number of nitrogens with one attached hydrogen (secondary N) is 2. The molecule has 1 saturated heterocycles. The smallest absolute Gasteiger partial charge is 0.191 e. The number of piperidine rings is 1. The van der Waals surface area contributed by atoms with Crippen LogP contribution in [-0.2, 0) is 6.54 Å². The lowest BCUT2D eigenvalue weighted by Crippen LogP contribution is -2.44. The number of aliphatic imine (C=N–C) groups is 1. The van der Waals surface area contributed by atoms with Gasteiger partial charge in [-0.3, -0.25) is 14.9 Å². The first kappa shape index (κ1) is 22.6. The minimum Gasteiger partial charge on any atom is -0.468 e. The van der Waals surface area contributed by atoms with Crippen molar-refractivity contribution in [3.63, 3.8) is 0 Å². The van der Waals surface area contributed by atoms with Crippen molar-refractivity contribution in [3.8, 4) is 0 Å². The van der Waals surface area contributed by atoms with E-state index in [0.717, 1.165) is 47.8 Å². The third kappa shape index (κ3) is 5.51. The molecule has 0 bridgehead atoms. The van der Waals surface area contributed by atoms with Crippen molar-refractivity contribution in [2.45, 2.75) is 31.8 Å². The molecule has 30 heavy (non-hydrogen) atoms. The molecule has 2 aromatic heterocycles. The van der Waals surface area contributed by atoms with Gasteiger partial charge in [-0.15, -0.1) is 24.0 Å². The summed E-state index contributed by atoms with van der Waals surface area (Å²) in [5.41, 5.74) is 2.18. The lowest BCUT2D eigenvalue weighted by Gasteiger charge is -2.33. The van der Waals surface area contributed by atoms with E-state index in [1.54, 1.807) is 13.3 Å². The van der Waals surface area contributed by atoms with Crippen LogP contribution in [0.4, 0.5) is 0 Å². The molecule has 0 spiro atoms. The fraction of sp³-hybridized carbons (Fsp3) is 0.391. The first-order valence-corrected chi connectivity index (χ1v) is 10.4. The molecule has 4 rings (SSSR count). The van der Waals surface area contributed by atoms with Crippen molar-refractivity contribution >= 4 is 40.8 Å². The average molecular weight is 519 g/mol. The third-order valence-electron chi connectivity index (χ3n) is 5.55. The molecule has 1 aliphatic heterocycles. The van der Waals surface area contributed by atoms with Gasteiger partial charge in [0.25, 0.3) is 0 Å². The molecule has 3 heterocycles. The van der Waals surface area contributed by atoms with Gasteiger partial charge in [-0.25, -0.2) is 0 Å². The highest BCUT2D eigenvalue weighted by molar-refractivity contribution is 14.0. The molecule has 1 aliphatic rings. The zero-order valence-corrected chi connectivity index (χ0v) is 19.7. The van der Waals surface area contributed by atoms with Gasteiger partial charge in [0.05, 0.1) is 17.8 Å². The fourth-order valence-corrected chi connectivity index (χ4v) is 4.02. The number of aromatic nitrogens is 1. The van der Waals surface area contributed by atoms with Crippen LogP contribution in [0.5, 0.6) is 0 Å². The first-order chi connectivity index (χ1) is 14.3. The van der Waals surface area contributed by atoms with E-state index in [-0.39, 0.29) is 30.0 Å². The summed E-state index contributed by atoms with van der Waals surface area (Å²) < 4.78 is 5.74. The average Bonchev–Trinajstić information content (AvgIpc) is 3.31. The molecule has 1 aromatic carbocycles. The van der Waals surface area contributed by atoms with Gasteiger partial charge in [0.1, 0.15) is 5.76 Å². The van der Waals surface area contributed by atoms with E-state index >= 15 is 0 Å². The standard InChI is InChI=1S/C23H29N5O.HI/c1-24-23(26-16-19-9-5-8-18-10-6-12-25-22(18)19)27-17-20(21-11-7-15-29-21)28-13-3-2-4-14-28;/h5-12,15,20H,2-4,13-14,16-17H2,1H3,(H2,24,26,27);1H. The Balaban J connectivity index is 0.00000256.